The minimum atomic E-state index is 0.142. The number of allylic oxidation sites excluding steroid dienone is 16. The lowest BCUT2D eigenvalue weighted by atomic mass is 10.1. The summed E-state index contributed by atoms with van der Waals surface area (Å²) >= 11 is 0. The summed E-state index contributed by atoms with van der Waals surface area (Å²) in [6.07, 6.45) is 62.9. The van der Waals surface area contributed by atoms with Gasteiger partial charge in [0.1, 0.15) is 0 Å². The second-order valence-electron chi connectivity index (χ2n) is 14.9. The Morgan fingerprint density at radius 3 is 0.868 bits per heavy atom. The Morgan fingerprint density at radius 1 is 0.340 bits per heavy atom. The molecule has 304 valence electrons. The first-order valence-corrected chi connectivity index (χ1v) is 22.1. The molecule has 0 aromatic rings. The van der Waals surface area contributed by atoms with E-state index >= 15 is 0 Å². The molecule has 3 nitrogen and oxygen atoms in total. The molecule has 0 spiro atoms. The molecule has 0 saturated heterocycles. The highest BCUT2D eigenvalue weighted by Crippen LogP contribution is 2.14. The fraction of sp³-hybridized carbons (Fsp3) is 0.680. The largest absolute Gasteiger partial charge is 0.376 e. The summed E-state index contributed by atoms with van der Waals surface area (Å²) in [5, 5.41) is 0. The predicted molar refractivity (Wildman–Crippen MR) is 237 cm³/mol. The zero-order valence-electron chi connectivity index (χ0n) is 35.7. The summed E-state index contributed by atoms with van der Waals surface area (Å²) in [6.45, 7) is 14.3. The molecule has 0 aliphatic carbocycles. The molecule has 0 rings (SSSR count). The van der Waals surface area contributed by atoms with E-state index in [1.165, 1.54) is 64.2 Å². The van der Waals surface area contributed by atoms with Crippen molar-refractivity contribution in [2.24, 2.45) is 0 Å². The molecule has 3 heteroatoms. The van der Waals surface area contributed by atoms with E-state index in [9.17, 15) is 0 Å². The lowest BCUT2D eigenvalue weighted by molar-refractivity contribution is -0.0859. The molecule has 0 bridgehead atoms. The summed E-state index contributed by atoms with van der Waals surface area (Å²) < 4.78 is 18.7. The van der Waals surface area contributed by atoms with E-state index in [-0.39, 0.29) is 24.4 Å². The molecular formula is C50H86O3. The first-order valence-electron chi connectivity index (χ1n) is 22.1. The summed E-state index contributed by atoms with van der Waals surface area (Å²) in [4.78, 5) is 0. The number of hydrogen-bond donors (Lipinski definition) is 0. The van der Waals surface area contributed by atoms with Crippen LogP contribution in [0.1, 0.15) is 183 Å². The topological polar surface area (TPSA) is 27.7 Å². The highest BCUT2D eigenvalue weighted by molar-refractivity contribution is 5.00. The van der Waals surface area contributed by atoms with Crippen molar-refractivity contribution in [3.8, 4) is 0 Å². The molecule has 53 heavy (non-hydrogen) atoms. The maximum atomic E-state index is 6.23. The lowest BCUT2D eigenvalue weighted by Crippen LogP contribution is -2.28. The van der Waals surface area contributed by atoms with Crippen LogP contribution in [0.5, 0.6) is 0 Å². The summed E-state index contributed by atoms with van der Waals surface area (Å²) in [6, 6.07) is 0. The van der Waals surface area contributed by atoms with E-state index in [2.05, 4.69) is 139 Å². The van der Waals surface area contributed by atoms with Crippen LogP contribution in [0, 0.1) is 0 Å². The SMILES string of the molecule is CCCCC/C=C\C/C=C\C/C=C\C/C=C\CCCCC(COCC(CCCC/C=C\C/C=C\C/C=C\C/C=C\CCCCC)OC(C)C)OC(C)C. The molecular weight excluding hydrogens is 649 g/mol. The van der Waals surface area contributed by atoms with Gasteiger partial charge in [0.25, 0.3) is 0 Å². The van der Waals surface area contributed by atoms with Gasteiger partial charge in [-0.3, -0.25) is 0 Å². The van der Waals surface area contributed by atoms with Gasteiger partial charge in [-0.1, -0.05) is 150 Å². The third-order valence-corrected chi connectivity index (χ3v) is 8.75. The van der Waals surface area contributed by atoms with Crippen LogP contribution in [0.4, 0.5) is 0 Å². The highest BCUT2D eigenvalue weighted by atomic mass is 16.6. The van der Waals surface area contributed by atoms with Crippen molar-refractivity contribution in [3.63, 3.8) is 0 Å². The van der Waals surface area contributed by atoms with Gasteiger partial charge in [0, 0.05) is 0 Å². The zero-order chi connectivity index (χ0) is 38.7. The van der Waals surface area contributed by atoms with Crippen LogP contribution in [0.2, 0.25) is 0 Å². The van der Waals surface area contributed by atoms with Crippen LogP contribution in [0.3, 0.4) is 0 Å². The van der Waals surface area contributed by atoms with Gasteiger partial charge in [-0.15, -0.1) is 0 Å². The molecule has 2 atom stereocenters. The average molecular weight is 735 g/mol. The van der Waals surface area contributed by atoms with Crippen LogP contribution in [0.25, 0.3) is 0 Å². The third kappa shape index (κ3) is 42.4. The second kappa shape index (κ2) is 42.5. The summed E-state index contributed by atoms with van der Waals surface area (Å²) in [5.41, 5.74) is 0. The van der Waals surface area contributed by atoms with Crippen LogP contribution in [-0.4, -0.2) is 37.6 Å². The molecule has 0 saturated carbocycles. The number of unbranched alkanes of at least 4 members (excludes halogenated alkanes) is 10. The Kier molecular flexibility index (Phi) is 40.8. The van der Waals surface area contributed by atoms with Crippen molar-refractivity contribution in [2.45, 2.75) is 207 Å². The van der Waals surface area contributed by atoms with Crippen molar-refractivity contribution in [1.82, 2.24) is 0 Å². The Hall–Kier alpha value is -2.20. The quantitative estimate of drug-likeness (QED) is 0.0467. The van der Waals surface area contributed by atoms with E-state index in [1.54, 1.807) is 0 Å². The molecule has 0 aromatic carbocycles. The molecule has 2 unspecified atom stereocenters. The molecule has 0 aliphatic rings. The van der Waals surface area contributed by atoms with Crippen molar-refractivity contribution in [3.05, 3.63) is 97.2 Å². The van der Waals surface area contributed by atoms with Crippen LogP contribution in [0.15, 0.2) is 97.2 Å². The van der Waals surface area contributed by atoms with Gasteiger partial charge >= 0.3 is 0 Å². The van der Waals surface area contributed by atoms with Gasteiger partial charge in [0.05, 0.1) is 37.6 Å². The number of rotatable bonds is 38. The molecule has 0 fully saturated rings. The van der Waals surface area contributed by atoms with E-state index in [1.807, 2.05) is 0 Å². The van der Waals surface area contributed by atoms with E-state index < -0.39 is 0 Å². The number of hydrogen-bond acceptors (Lipinski definition) is 3. The average Bonchev–Trinajstić information content (AvgIpc) is 3.13. The Labute approximate surface area is 330 Å². The van der Waals surface area contributed by atoms with Crippen molar-refractivity contribution < 1.29 is 14.2 Å². The molecule has 0 heterocycles. The fourth-order valence-electron chi connectivity index (χ4n) is 5.87. The van der Waals surface area contributed by atoms with Gasteiger partial charge in [-0.25, -0.2) is 0 Å². The number of ether oxygens (including phenoxy) is 3. The first kappa shape index (κ1) is 50.8. The fourth-order valence-corrected chi connectivity index (χ4v) is 5.87. The summed E-state index contributed by atoms with van der Waals surface area (Å²) in [5.74, 6) is 0. The van der Waals surface area contributed by atoms with Crippen LogP contribution < -0.4 is 0 Å². The smallest absolute Gasteiger partial charge is 0.0812 e. The van der Waals surface area contributed by atoms with E-state index in [4.69, 9.17) is 14.2 Å². The van der Waals surface area contributed by atoms with Crippen molar-refractivity contribution in [1.29, 1.82) is 0 Å². The highest BCUT2D eigenvalue weighted by Gasteiger charge is 2.15. The Bertz CT molecular complexity index is 899. The van der Waals surface area contributed by atoms with Crippen LogP contribution in [-0.2, 0) is 14.2 Å². The maximum Gasteiger partial charge on any atom is 0.0812 e. The Morgan fingerprint density at radius 2 is 0.604 bits per heavy atom. The zero-order valence-corrected chi connectivity index (χ0v) is 35.7. The molecule has 0 amide bonds. The van der Waals surface area contributed by atoms with E-state index in [0.717, 1.165) is 77.0 Å². The monoisotopic (exact) mass is 735 g/mol. The predicted octanol–water partition coefficient (Wildman–Crippen LogP) is 15.7. The van der Waals surface area contributed by atoms with Gasteiger partial charge in [0.2, 0.25) is 0 Å². The van der Waals surface area contributed by atoms with Gasteiger partial charge < -0.3 is 14.2 Å². The summed E-state index contributed by atoms with van der Waals surface area (Å²) in [7, 11) is 0. The minimum absolute atomic E-state index is 0.142. The molecule has 0 radical (unpaired) electrons. The van der Waals surface area contributed by atoms with Gasteiger partial charge in [-0.2, -0.15) is 0 Å². The third-order valence-electron chi connectivity index (χ3n) is 8.75. The molecule has 0 aromatic heterocycles. The first-order chi connectivity index (χ1) is 26.0. The Balaban J connectivity index is 4.14. The normalized spacial score (nSPS) is 14.3. The molecule has 0 aliphatic heterocycles. The minimum Gasteiger partial charge on any atom is -0.376 e. The van der Waals surface area contributed by atoms with Gasteiger partial charge in [0.15, 0.2) is 0 Å². The second-order valence-corrected chi connectivity index (χ2v) is 14.9. The van der Waals surface area contributed by atoms with Gasteiger partial charge in [-0.05, 0) is 130 Å². The van der Waals surface area contributed by atoms with Crippen LogP contribution >= 0.6 is 0 Å². The van der Waals surface area contributed by atoms with Crippen molar-refractivity contribution in [2.75, 3.05) is 13.2 Å². The molecule has 0 N–H and O–H groups in total. The van der Waals surface area contributed by atoms with E-state index in [0.29, 0.717) is 13.2 Å². The standard InChI is InChI=1S/C50H86O3/c1-7-9-11-13-15-17-19-21-23-25-27-29-31-33-35-37-39-41-43-49(52-47(3)4)45-51-46-50(53-48(5)6)44-42-40-38-36-34-32-30-28-26-24-22-20-18-16-14-12-10-8-2/h15-18,21-24,27-30,33-36,47-50H,7-14,19-20,25-26,31-32,37-46H2,1-6H3/b17-15-,18-16-,23-21-,24-22-,29-27-,30-28-,35-33-,36-34-. The maximum absolute atomic E-state index is 6.23. The van der Waals surface area contributed by atoms with Crippen molar-refractivity contribution >= 4 is 0 Å². The lowest BCUT2D eigenvalue weighted by Gasteiger charge is -2.24.